The van der Waals surface area contributed by atoms with E-state index in [1.807, 2.05) is 0 Å². The first-order chi connectivity index (χ1) is 11.6. The van der Waals surface area contributed by atoms with Crippen LogP contribution in [0.15, 0.2) is 48.9 Å². The molecule has 0 radical (unpaired) electrons. The number of aromatic hydroxyl groups is 1. The fourth-order valence-corrected chi connectivity index (χ4v) is 2.38. The van der Waals surface area contributed by atoms with E-state index in [1.165, 1.54) is 0 Å². The van der Waals surface area contributed by atoms with E-state index in [9.17, 15) is 14.3 Å². The molecule has 0 bridgehead atoms. The van der Waals surface area contributed by atoms with Gasteiger partial charge in [-0.3, -0.25) is 4.79 Å². The minimum absolute atomic E-state index is 0.120. The first kappa shape index (κ1) is 15.9. The second kappa shape index (κ2) is 6.67. The fraction of sp³-hybridized carbons (Fsp3) is 0.0625. The van der Waals surface area contributed by atoms with Gasteiger partial charge in [0, 0.05) is 30.7 Å². The summed E-state index contributed by atoms with van der Waals surface area (Å²) in [6.45, 7) is 0.120. The van der Waals surface area contributed by atoms with Crippen molar-refractivity contribution in [2.24, 2.45) is 0 Å². The van der Waals surface area contributed by atoms with Crippen molar-refractivity contribution < 1.29 is 14.3 Å². The summed E-state index contributed by atoms with van der Waals surface area (Å²) in [5.41, 5.74) is 0.473. The molecule has 0 aliphatic carbocycles. The average molecular weight is 347 g/mol. The first-order valence-electron chi connectivity index (χ1n) is 6.96. The van der Waals surface area contributed by atoms with Crippen LogP contribution in [-0.2, 0) is 6.54 Å². The Balaban J connectivity index is 1.81. The fourth-order valence-electron chi connectivity index (χ4n) is 2.18. The maximum absolute atomic E-state index is 13.4. The van der Waals surface area contributed by atoms with Gasteiger partial charge in [0.15, 0.2) is 5.82 Å². The smallest absolute Gasteiger partial charge is 0.255 e. The number of nitrogens with one attached hydrogen (secondary N) is 1. The van der Waals surface area contributed by atoms with E-state index in [1.54, 1.807) is 41.5 Å². The molecule has 3 rings (SSSR count). The molecule has 2 N–H and O–H groups in total. The van der Waals surface area contributed by atoms with Crippen molar-refractivity contribution in [3.8, 4) is 11.6 Å². The summed E-state index contributed by atoms with van der Waals surface area (Å²) in [5, 5.41) is 16.3. The summed E-state index contributed by atoms with van der Waals surface area (Å²) in [6, 6.07) is 7.12. The van der Waals surface area contributed by atoms with Gasteiger partial charge in [-0.2, -0.15) is 5.10 Å². The maximum atomic E-state index is 13.4. The second-order valence-electron chi connectivity index (χ2n) is 4.90. The van der Waals surface area contributed by atoms with Crippen LogP contribution in [0.3, 0.4) is 0 Å². The lowest BCUT2D eigenvalue weighted by atomic mass is 10.1. The standard InChI is InChI=1S/C16H12ClFN4O2/c17-13-8-11(18)7-12(14(13)23)16(24)20-9-10-3-1-4-19-15(10)22-6-2-5-21-22/h1-8,23H,9H2,(H,20,24). The van der Waals surface area contributed by atoms with Crippen molar-refractivity contribution in [3.05, 3.63) is 70.9 Å². The van der Waals surface area contributed by atoms with E-state index in [2.05, 4.69) is 15.4 Å². The van der Waals surface area contributed by atoms with Crippen LogP contribution in [0.25, 0.3) is 5.82 Å². The van der Waals surface area contributed by atoms with Crippen molar-refractivity contribution in [2.75, 3.05) is 0 Å². The van der Waals surface area contributed by atoms with Gasteiger partial charge in [-0.05, 0) is 24.3 Å². The summed E-state index contributed by atoms with van der Waals surface area (Å²) >= 11 is 5.68. The highest BCUT2D eigenvalue weighted by molar-refractivity contribution is 6.32. The Kier molecular flexibility index (Phi) is 4.43. The molecule has 8 heteroatoms. The van der Waals surface area contributed by atoms with Gasteiger partial charge in [-0.1, -0.05) is 17.7 Å². The number of aromatic nitrogens is 3. The van der Waals surface area contributed by atoms with Crippen molar-refractivity contribution in [3.63, 3.8) is 0 Å². The van der Waals surface area contributed by atoms with E-state index < -0.39 is 17.5 Å². The Morgan fingerprint density at radius 2 is 2.17 bits per heavy atom. The quantitative estimate of drug-likeness (QED) is 0.761. The minimum Gasteiger partial charge on any atom is -0.506 e. The number of benzene rings is 1. The molecule has 0 unspecified atom stereocenters. The normalized spacial score (nSPS) is 10.6. The molecular formula is C16H12ClFN4O2. The van der Waals surface area contributed by atoms with Crippen LogP contribution in [0.5, 0.6) is 5.75 Å². The van der Waals surface area contributed by atoms with Crippen LogP contribution < -0.4 is 5.32 Å². The number of carbonyl (C=O) groups is 1. The largest absolute Gasteiger partial charge is 0.506 e. The highest BCUT2D eigenvalue weighted by atomic mass is 35.5. The zero-order chi connectivity index (χ0) is 17.1. The Hall–Kier alpha value is -2.93. The van der Waals surface area contributed by atoms with Crippen LogP contribution in [0.1, 0.15) is 15.9 Å². The van der Waals surface area contributed by atoms with Gasteiger partial charge >= 0.3 is 0 Å². The third-order valence-electron chi connectivity index (χ3n) is 3.30. The molecule has 0 spiro atoms. The number of carbonyl (C=O) groups excluding carboxylic acids is 1. The second-order valence-corrected chi connectivity index (χ2v) is 5.31. The van der Waals surface area contributed by atoms with Gasteiger partial charge in [0.25, 0.3) is 5.91 Å². The van der Waals surface area contributed by atoms with Crippen molar-refractivity contribution in [1.29, 1.82) is 0 Å². The van der Waals surface area contributed by atoms with Crippen molar-refractivity contribution in [2.45, 2.75) is 6.54 Å². The van der Waals surface area contributed by atoms with E-state index in [-0.39, 0.29) is 17.1 Å². The number of nitrogens with zero attached hydrogens (tertiary/aromatic N) is 3. The average Bonchev–Trinajstić information content (AvgIpc) is 3.10. The molecule has 0 saturated heterocycles. The Bertz CT molecular complexity index is 884. The van der Waals surface area contributed by atoms with Crippen LogP contribution in [0.2, 0.25) is 5.02 Å². The van der Waals surface area contributed by atoms with Gasteiger partial charge in [0.05, 0.1) is 10.6 Å². The molecule has 2 aromatic heterocycles. The molecular weight excluding hydrogens is 335 g/mol. The lowest BCUT2D eigenvalue weighted by molar-refractivity contribution is 0.0947. The van der Waals surface area contributed by atoms with E-state index in [0.29, 0.717) is 11.4 Å². The highest BCUT2D eigenvalue weighted by Crippen LogP contribution is 2.28. The Labute approximate surface area is 141 Å². The van der Waals surface area contributed by atoms with Gasteiger partial charge in [0.1, 0.15) is 11.6 Å². The third kappa shape index (κ3) is 3.21. The molecule has 24 heavy (non-hydrogen) atoms. The molecule has 6 nitrogen and oxygen atoms in total. The van der Waals surface area contributed by atoms with E-state index in [4.69, 9.17) is 11.6 Å². The predicted octanol–water partition coefficient (Wildman–Crippen LogP) is 2.70. The molecule has 1 aromatic carbocycles. The summed E-state index contributed by atoms with van der Waals surface area (Å²) in [4.78, 5) is 16.4. The van der Waals surface area contributed by atoms with Gasteiger partial charge in [-0.15, -0.1) is 0 Å². The molecule has 0 saturated carbocycles. The molecule has 2 heterocycles. The summed E-state index contributed by atoms with van der Waals surface area (Å²) in [6.07, 6.45) is 4.95. The Morgan fingerprint density at radius 3 is 2.92 bits per heavy atom. The number of pyridine rings is 1. The number of halogens is 2. The number of phenols is 1. The summed E-state index contributed by atoms with van der Waals surface area (Å²) < 4.78 is 15.0. The van der Waals surface area contributed by atoms with Crippen molar-refractivity contribution in [1.82, 2.24) is 20.1 Å². The zero-order valence-electron chi connectivity index (χ0n) is 12.3. The zero-order valence-corrected chi connectivity index (χ0v) is 13.0. The predicted molar refractivity (Wildman–Crippen MR) is 85.6 cm³/mol. The molecule has 122 valence electrons. The molecule has 0 fully saturated rings. The lowest BCUT2D eigenvalue weighted by Crippen LogP contribution is -2.24. The van der Waals surface area contributed by atoms with Crippen LogP contribution in [-0.4, -0.2) is 25.8 Å². The number of hydrogen-bond donors (Lipinski definition) is 2. The van der Waals surface area contributed by atoms with E-state index in [0.717, 1.165) is 12.1 Å². The van der Waals surface area contributed by atoms with Gasteiger partial charge in [0.2, 0.25) is 0 Å². The maximum Gasteiger partial charge on any atom is 0.255 e. The van der Waals surface area contributed by atoms with Crippen LogP contribution in [0, 0.1) is 5.82 Å². The summed E-state index contributed by atoms with van der Waals surface area (Å²) in [7, 11) is 0. The number of hydrogen-bond acceptors (Lipinski definition) is 4. The molecule has 0 aliphatic rings. The van der Waals surface area contributed by atoms with E-state index >= 15 is 0 Å². The molecule has 1 amide bonds. The number of phenolic OH excluding ortho intramolecular Hbond substituents is 1. The molecule has 3 aromatic rings. The van der Waals surface area contributed by atoms with Crippen LogP contribution in [0.4, 0.5) is 4.39 Å². The molecule has 0 aliphatic heterocycles. The topological polar surface area (TPSA) is 80.0 Å². The summed E-state index contributed by atoms with van der Waals surface area (Å²) in [5.74, 6) is -1.26. The highest BCUT2D eigenvalue weighted by Gasteiger charge is 2.16. The first-order valence-corrected chi connectivity index (χ1v) is 7.34. The minimum atomic E-state index is -0.707. The molecule has 0 atom stereocenters. The third-order valence-corrected chi connectivity index (χ3v) is 3.59. The van der Waals surface area contributed by atoms with Crippen molar-refractivity contribution >= 4 is 17.5 Å². The Morgan fingerprint density at radius 1 is 1.33 bits per heavy atom. The van der Waals surface area contributed by atoms with Gasteiger partial charge in [-0.25, -0.2) is 14.1 Å². The lowest BCUT2D eigenvalue weighted by Gasteiger charge is -2.11. The monoisotopic (exact) mass is 346 g/mol. The number of amides is 1. The SMILES string of the molecule is O=C(NCc1cccnc1-n1cccn1)c1cc(F)cc(Cl)c1O. The number of rotatable bonds is 4. The van der Waals surface area contributed by atoms with Crippen LogP contribution >= 0.6 is 11.6 Å². The van der Waals surface area contributed by atoms with Gasteiger partial charge < -0.3 is 10.4 Å².